The summed E-state index contributed by atoms with van der Waals surface area (Å²) in [5, 5.41) is 0. The fraction of sp³-hybridized carbons (Fsp3) is 0.906. The molecule has 0 N–H and O–H groups in total. The molecule has 1 saturated carbocycles. The van der Waals surface area contributed by atoms with Crippen molar-refractivity contribution in [3.8, 4) is 0 Å². The standard InChI is InChI=1S/C32H60O2/c1-5-7-9-11-12-13-14-15-16-17-18-19-20-21-22-26-30(33)34-32(28-23-10-8-6-2)29-25-24-27-31(32,3)4/h15-16H,5-14,17-29H2,1-4H3/b16-15-. The number of hydrogen-bond acceptors (Lipinski definition) is 2. The maximum absolute atomic E-state index is 12.8. The van der Waals surface area contributed by atoms with Gasteiger partial charge in [-0.05, 0) is 64.2 Å². The van der Waals surface area contributed by atoms with Crippen molar-refractivity contribution in [1.29, 1.82) is 0 Å². The lowest BCUT2D eigenvalue weighted by Crippen LogP contribution is -2.50. The zero-order chi connectivity index (χ0) is 25.0. The fourth-order valence-corrected chi connectivity index (χ4v) is 5.69. The summed E-state index contributed by atoms with van der Waals surface area (Å²) in [5.41, 5.74) is -0.117. The van der Waals surface area contributed by atoms with Crippen LogP contribution in [0.5, 0.6) is 0 Å². The van der Waals surface area contributed by atoms with E-state index in [0.717, 1.165) is 25.7 Å². The van der Waals surface area contributed by atoms with E-state index in [1.54, 1.807) is 0 Å². The number of rotatable bonds is 21. The maximum Gasteiger partial charge on any atom is 0.306 e. The van der Waals surface area contributed by atoms with Crippen LogP contribution in [-0.4, -0.2) is 11.6 Å². The van der Waals surface area contributed by atoms with Gasteiger partial charge in [-0.25, -0.2) is 0 Å². The summed E-state index contributed by atoms with van der Waals surface area (Å²) in [7, 11) is 0. The molecule has 2 nitrogen and oxygen atoms in total. The highest BCUT2D eigenvalue weighted by atomic mass is 16.6. The molecule has 1 atom stereocenters. The van der Waals surface area contributed by atoms with E-state index >= 15 is 0 Å². The highest BCUT2D eigenvalue weighted by Gasteiger charge is 2.49. The smallest absolute Gasteiger partial charge is 0.306 e. The van der Waals surface area contributed by atoms with Crippen LogP contribution in [0, 0.1) is 5.41 Å². The molecule has 0 spiro atoms. The highest BCUT2D eigenvalue weighted by molar-refractivity contribution is 5.70. The van der Waals surface area contributed by atoms with Crippen LogP contribution in [0.2, 0.25) is 0 Å². The molecule has 1 rings (SSSR count). The van der Waals surface area contributed by atoms with Crippen LogP contribution < -0.4 is 0 Å². The summed E-state index contributed by atoms with van der Waals surface area (Å²) >= 11 is 0. The Kier molecular flexibility index (Phi) is 17.8. The second-order valence-corrected chi connectivity index (χ2v) is 11.7. The summed E-state index contributed by atoms with van der Waals surface area (Å²) in [5.74, 6) is 0.0584. The highest BCUT2D eigenvalue weighted by Crippen LogP contribution is 2.49. The van der Waals surface area contributed by atoms with Gasteiger partial charge in [-0.3, -0.25) is 4.79 Å². The first-order chi connectivity index (χ1) is 16.5. The van der Waals surface area contributed by atoms with Crippen molar-refractivity contribution >= 4 is 5.97 Å². The Morgan fingerprint density at radius 3 is 1.76 bits per heavy atom. The molecule has 1 unspecified atom stereocenters. The van der Waals surface area contributed by atoms with E-state index in [4.69, 9.17) is 4.74 Å². The second-order valence-electron chi connectivity index (χ2n) is 11.7. The normalized spacial score (nSPS) is 20.1. The number of esters is 1. The summed E-state index contributed by atoms with van der Waals surface area (Å²) < 4.78 is 6.35. The molecular formula is C32H60O2. The minimum atomic E-state index is -0.224. The predicted molar refractivity (Wildman–Crippen MR) is 149 cm³/mol. The van der Waals surface area contributed by atoms with E-state index < -0.39 is 0 Å². The zero-order valence-electron chi connectivity index (χ0n) is 23.7. The van der Waals surface area contributed by atoms with E-state index in [1.807, 2.05) is 0 Å². The van der Waals surface area contributed by atoms with Gasteiger partial charge in [-0.2, -0.15) is 0 Å². The molecule has 0 aromatic rings. The minimum Gasteiger partial charge on any atom is -0.458 e. The van der Waals surface area contributed by atoms with Gasteiger partial charge in [0.15, 0.2) is 0 Å². The van der Waals surface area contributed by atoms with E-state index in [9.17, 15) is 4.79 Å². The van der Waals surface area contributed by atoms with E-state index in [2.05, 4.69) is 39.8 Å². The van der Waals surface area contributed by atoms with E-state index in [1.165, 1.54) is 116 Å². The van der Waals surface area contributed by atoms with Crippen LogP contribution in [0.15, 0.2) is 12.2 Å². The average Bonchev–Trinajstić information content (AvgIpc) is 2.81. The third-order valence-corrected chi connectivity index (χ3v) is 8.25. The van der Waals surface area contributed by atoms with Crippen molar-refractivity contribution in [1.82, 2.24) is 0 Å². The van der Waals surface area contributed by atoms with Gasteiger partial charge in [0.05, 0.1) is 0 Å². The van der Waals surface area contributed by atoms with Crippen molar-refractivity contribution in [3.05, 3.63) is 12.2 Å². The third kappa shape index (κ3) is 13.3. The molecule has 0 aromatic carbocycles. The summed E-state index contributed by atoms with van der Waals surface area (Å²) in [6, 6.07) is 0. The first-order valence-corrected chi connectivity index (χ1v) is 15.3. The van der Waals surface area contributed by atoms with Gasteiger partial charge >= 0.3 is 5.97 Å². The molecule has 0 amide bonds. The quantitative estimate of drug-likeness (QED) is 0.0935. The van der Waals surface area contributed by atoms with Crippen molar-refractivity contribution in [3.63, 3.8) is 0 Å². The van der Waals surface area contributed by atoms with Crippen LogP contribution in [0.4, 0.5) is 0 Å². The molecule has 200 valence electrons. The Balaban J connectivity index is 2.15. The van der Waals surface area contributed by atoms with Gasteiger partial charge in [0.2, 0.25) is 0 Å². The minimum absolute atomic E-state index is 0.0584. The largest absolute Gasteiger partial charge is 0.458 e. The van der Waals surface area contributed by atoms with Gasteiger partial charge in [-0.1, -0.05) is 117 Å². The van der Waals surface area contributed by atoms with Gasteiger partial charge < -0.3 is 4.74 Å². The lowest BCUT2D eigenvalue weighted by atomic mass is 9.63. The van der Waals surface area contributed by atoms with E-state index in [-0.39, 0.29) is 17.0 Å². The number of carbonyl (C=O) groups excluding carboxylic acids is 1. The molecule has 1 aliphatic rings. The Bertz CT molecular complexity index is 521. The van der Waals surface area contributed by atoms with Crippen LogP contribution in [-0.2, 0) is 9.53 Å². The molecule has 0 heterocycles. The molecule has 0 aromatic heterocycles. The van der Waals surface area contributed by atoms with Crippen molar-refractivity contribution < 1.29 is 9.53 Å². The number of allylic oxidation sites excluding steroid dienone is 2. The summed E-state index contributed by atoms with van der Waals surface area (Å²) in [4.78, 5) is 12.8. The average molecular weight is 477 g/mol. The molecule has 2 heteroatoms. The van der Waals surface area contributed by atoms with E-state index in [0.29, 0.717) is 6.42 Å². The molecule has 34 heavy (non-hydrogen) atoms. The topological polar surface area (TPSA) is 26.3 Å². The lowest BCUT2D eigenvalue weighted by Gasteiger charge is -2.49. The number of ether oxygens (including phenoxy) is 1. The molecule has 1 aliphatic carbocycles. The maximum atomic E-state index is 12.8. The van der Waals surface area contributed by atoms with Crippen LogP contribution in [0.25, 0.3) is 0 Å². The Morgan fingerprint density at radius 1 is 0.676 bits per heavy atom. The number of carbonyl (C=O) groups is 1. The Labute approximate surface area is 214 Å². The van der Waals surface area contributed by atoms with Crippen LogP contribution in [0.1, 0.15) is 175 Å². The molecule has 0 radical (unpaired) electrons. The predicted octanol–water partition coefficient (Wildman–Crippen LogP) is 10.9. The first kappa shape index (κ1) is 31.2. The molecule has 0 saturated heterocycles. The fourth-order valence-electron chi connectivity index (χ4n) is 5.69. The SMILES string of the molecule is CCCCCCCC/C=C\CCCCCCCC(=O)OC1(CCCCCC)CCCCC1(C)C. The monoisotopic (exact) mass is 476 g/mol. The lowest BCUT2D eigenvalue weighted by molar-refractivity contribution is -0.184. The zero-order valence-corrected chi connectivity index (χ0v) is 23.7. The van der Waals surface area contributed by atoms with Crippen molar-refractivity contribution in [2.24, 2.45) is 5.41 Å². The summed E-state index contributed by atoms with van der Waals surface area (Å²) in [6.45, 7) is 9.21. The van der Waals surface area contributed by atoms with Crippen molar-refractivity contribution in [2.45, 2.75) is 181 Å². The molecule has 1 fully saturated rings. The Morgan fingerprint density at radius 2 is 1.18 bits per heavy atom. The van der Waals surface area contributed by atoms with Crippen LogP contribution >= 0.6 is 0 Å². The third-order valence-electron chi connectivity index (χ3n) is 8.25. The van der Waals surface area contributed by atoms with Gasteiger partial charge in [0.1, 0.15) is 5.60 Å². The molecule has 0 aliphatic heterocycles. The van der Waals surface area contributed by atoms with Gasteiger partial charge in [0.25, 0.3) is 0 Å². The first-order valence-electron chi connectivity index (χ1n) is 15.3. The summed E-state index contributed by atoms with van der Waals surface area (Å²) in [6.07, 6.45) is 32.9. The number of unbranched alkanes of at least 4 members (excludes halogenated alkanes) is 14. The molecular weight excluding hydrogens is 416 g/mol. The molecule has 0 bridgehead atoms. The Hall–Kier alpha value is -0.790. The van der Waals surface area contributed by atoms with Gasteiger partial charge in [0, 0.05) is 11.8 Å². The van der Waals surface area contributed by atoms with Gasteiger partial charge in [-0.15, -0.1) is 0 Å². The second kappa shape index (κ2) is 19.4. The van der Waals surface area contributed by atoms with Crippen LogP contribution in [0.3, 0.4) is 0 Å². The number of hydrogen-bond donors (Lipinski definition) is 0. The van der Waals surface area contributed by atoms with Crippen molar-refractivity contribution in [2.75, 3.05) is 0 Å².